The van der Waals surface area contributed by atoms with E-state index in [1.807, 2.05) is 25.1 Å². The molecule has 0 saturated heterocycles. The molecule has 2 aromatic rings. The Balaban J connectivity index is 1.72. The fourth-order valence-electron chi connectivity index (χ4n) is 3.08. The van der Waals surface area contributed by atoms with Crippen molar-refractivity contribution in [1.82, 2.24) is 0 Å². The molecular formula is C19H21NO4. The number of para-hydroxylation sites is 1. The Morgan fingerprint density at radius 2 is 2.04 bits per heavy atom. The summed E-state index contributed by atoms with van der Waals surface area (Å²) in [5.74, 6) is 0.910. The van der Waals surface area contributed by atoms with Crippen LogP contribution in [0.2, 0.25) is 0 Å². The zero-order valence-electron chi connectivity index (χ0n) is 13.9. The number of aliphatic hydroxyl groups excluding tert-OH is 1. The standard InChI is InChI=1S/C19H21NO4/c1-13-9-15-5-3-4-6-16(15)20(13)19(22)12-24-17-8-7-14(11-21)10-18(17)23-2/h3-8,10,13,21H,9,11-12H2,1-2H3/t13-/m1/s1. The van der Waals surface area contributed by atoms with E-state index in [-0.39, 0.29) is 25.2 Å². The van der Waals surface area contributed by atoms with Crippen LogP contribution >= 0.6 is 0 Å². The van der Waals surface area contributed by atoms with E-state index in [9.17, 15) is 9.90 Å². The van der Waals surface area contributed by atoms with Gasteiger partial charge in [0.05, 0.1) is 13.7 Å². The normalized spacial score (nSPS) is 16.0. The van der Waals surface area contributed by atoms with Gasteiger partial charge in [0.15, 0.2) is 18.1 Å². The minimum atomic E-state index is -0.0827. The number of hydrogen-bond acceptors (Lipinski definition) is 4. The van der Waals surface area contributed by atoms with Crippen LogP contribution in [-0.4, -0.2) is 30.8 Å². The predicted molar refractivity (Wildman–Crippen MR) is 91.5 cm³/mol. The topological polar surface area (TPSA) is 59.0 Å². The van der Waals surface area contributed by atoms with E-state index in [0.717, 1.165) is 17.7 Å². The number of methoxy groups -OCH3 is 1. The SMILES string of the molecule is COc1cc(CO)ccc1OCC(=O)N1c2ccccc2C[C@H]1C. The van der Waals surface area contributed by atoms with Gasteiger partial charge < -0.3 is 19.5 Å². The van der Waals surface area contributed by atoms with Crippen LogP contribution in [0.25, 0.3) is 0 Å². The Morgan fingerprint density at radius 1 is 1.25 bits per heavy atom. The molecule has 0 fully saturated rings. The summed E-state index contributed by atoms with van der Waals surface area (Å²) in [6.07, 6.45) is 0.858. The number of nitrogens with zero attached hydrogens (tertiary/aromatic N) is 1. The first-order valence-corrected chi connectivity index (χ1v) is 7.94. The summed E-state index contributed by atoms with van der Waals surface area (Å²) in [7, 11) is 1.53. The molecule has 1 aliphatic rings. The van der Waals surface area contributed by atoms with Crippen LogP contribution in [0.4, 0.5) is 5.69 Å². The highest BCUT2D eigenvalue weighted by atomic mass is 16.5. The van der Waals surface area contributed by atoms with Crippen LogP contribution < -0.4 is 14.4 Å². The smallest absolute Gasteiger partial charge is 0.265 e. The Bertz CT molecular complexity index is 744. The Morgan fingerprint density at radius 3 is 2.79 bits per heavy atom. The molecule has 1 aliphatic heterocycles. The fraction of sp³-hybridized carbons (Fsp3) is 0.316. The van der Waals surface area contributed by atoms with Crippen LogP contribution in [0.15, 0.2) is 42.5 Å². The largest absolute Gasteiger partial charge is 0.493 e. The number of carbonyl (C=O) groups excluding carboxylic acids is 1. The van der Waals surface area contributed by atoms with Crippen LogP contribution in [0.5, 0.6) is 11.5 Å². The van der Waals surface area contributed by atoms with E-state index in [1.54, 1.807) is 23.1 Å². The minimum absolute atomic E-state index is 0.0620. The number of aliphatic hydroxyl groups is 1. The lowest BCUT2D eigenvalue weighted by Gasteiger charge is -2.23. The van der Waals surface area contributed by atoms with E-state index in [4.69, 9.17) is 9.47 Å². The molecule has 3 rings (SSSR count). The molecule has 24 heavy (non-hydrogen) atoms. The fourth-order valence-corrected chi connectivity index (χ4v) is 3.08. The maximum atomic E-state index is 12.6. The van der Waals surface area contributed by atoms with Crippen molar-refractivity contribution in [2.75, 3.05) is 18.6 Å². The van der Waals surface area contributed by atoms with Crippen molar-refractivity contribution in [3.05, 3.63) is 53.6 Å². The third-order valence-electron chi connectivity index (χ3n) is 4.24. The molecule has 0 bridgehead atoms. The van der Waals surface area contributed by atoms with E-state index >= 15 is 0 Å². The van der Waals surface area contributed by atoms with Crippen LogP contribution in [0.3, 0.4) is 0 Å². The van der Waals surface area contributed by atoms with E-state index in [0.29, 0.717) is 11.5 Å². The molecule has 5 heteroatoms. The van der Waals surface area contributed by atoms with Crippen molar-refractivity contribution in [1.29, 1.82) is 0 Å². The highest BCUT2D eigenvalue weighted by Gasteiger charge is 2.30. The molecule has 5 nitrogen and oxygen atoms in total. The Kier molecular flexibility index (Phi) is 4.71. The van der Waals surface area contributed by atoms with Gasteiger partial charge in [0.25, 0.3) is 5.91 Å². The quantitative estimate of drug-likeness (QED) is 0.917. The molecule has 0 spiro atoms. The maximum absolute atomic E-state index is 12.6. The zero-order valence-corrected chi connectivity index (χ0v) is 13.9. The van der Waals surface area contributed by atoms with Crippen LogP contribution in [0.1, 0.15) is 18.1 Å². The third-order valence-corrected chi connectivity index (χ3v) is 4.24. The molecule has 0 aliphatic carbocycles. The van der Waals surface area contributed by atoms with E-state index < -0.39 is 0 Å². The predicted octanol–water partition coefficient (Wildman–Crippen LogP) is 2.54. The summed E-state index contributed by atoms with van der Waals surface area (Å²) in [5.41, 5.74) is 2.87. The highest BCUT2D eigenvalue weighted by molar-refractivity contribution is 5.97. The van der Waals surface area contributed by atoms with E-state index in [1.165, 1.54) is 12.7 Å². The van der Waals surface area contributed by atoms with Crippen molar-refractivity contribution in [2.24, 2.45) is 0 Å². The number of hydrogen-bond donors (Lipinski definition) is 1. The van der Waals surface area contributed by atoms with Crippen molar-refractivity contribution in [2.45, 2.75) is 26.0 Å². The van der Waals surface area contributed by atoms with Gasteiger partial charge >= 0.3 is 0 Å². The van der Waals surface area contributed by atoms with Gasteiger partial charge in [-0.2, -0.15) is 0 Å². The minimum Gasteiger partial charge on any atom is -0.493 e. The first-order chi connectivity index (χ1) is 11.6. The average molecular weight is 327 g/mol. The molecule has 0 radical (unpaired) electrons. The lowest BCUT2D eigenvalue weighted by molar-refractivity contribution is -0.120. The molecule has 0 saturated carbocycles. The van der Waals surface area contributed by atoms with Gasteiger partial charge in [-0.15, -0.1) is 0 Å². The third kappa shape index (κ3) is 3.08. The van der Waals surface area contributed by atoms with Crippen molar-refractivity contribution in [3.63, 3.8) is 0 Å². The highest BCUT2D eigenvalue weighted by Crippen LogP contribution is 2.32. The lowest BCUT2D eigenvalue weighted by Crippen LogP contribution is -2.39. The molecule has 0 aromatic heterocycles. The average Bonchev–Trinajstić information content (AvgIpc) is 2.95. The monoisotopic (exact) mass is 327 g/mol. The molecule has 2 aromatic carbocycles. The Hall–Kier alpha value is -2.53. The number of amides is 1. The summed E-state index contributed by atoms with van der Waals surface area (Å²) in [6, 6.07) is 13.2. The summed E-state index contributed by atoms with van der Waals surface area (Å²) in [4.78, 5) is 14.4. The van der Waals surface area contributed by atoms with Crippen LogP contribution in [-0.2, 0) is 17.8 Å². The van der Waals surface area contributed by atoms with Crippen molar-refractivity contribution < 1.29 is 19.4 Å². The van der Waals surface area contributed by atoms with Gasteiger partial charge in [0, 0.05) is 11.7 Å². The molecule has 1 N–H and O–H groups in total. The van der Waals surface area contributed by atoms with Gasteiger partial charge in [-0.3, -0.25) is 4.79 Å². The second-order valence-electron chi connectivity index (χ2n) is 5.88. The number of ether oxygens (including phenoxy) is 2. The Labute approximate surface area is 141 Å². The number of carbonyl (C=O) groups is 1. The molecule has 126 valence electrons. The first kappa shape index (κ1) is 16.3. The van der Waals surface area contributed by atoms with Gasteiger partial charge in [-0.1, -0.05) is 24.3 Å². The van der Waals surface area contributed by atoms with Gasteiger partial charge in [0.2, 0.25) is 0 Å². The summed E-state index contributed by atoms with van der Waals surface area (Å²) in [6.45, 7) is 1.90. The first-order valence-electron chi connectivity index (χ1n) is 7.94. The molecular weight excluding hydrogens is 306 g/mol. The van der Waals surface area contributed by atoms with Crippen LogP contribution in [0, 0.1) is 0 Å². The summed E-state index contributed by atoms with van der Waals surface area (Å²) in [5, 5.41) is 9.18. The molecule has 0 unspecified atom stereocenters. The molecule has 1 heterocycles. The second-order valence-corrected chi connectivity index (χ2v) is 5.88. The number of benzene rings is 2. The summed E-state index contributed by atoms with van der Waals surface area (Å²) < 4.78 is 10.9. The van der Waals surface area contributed by atoms with Gasteiger partial charge in [0.1, 0.15) is 0 Å². The summed E-state index contributed by atoms with van der Waals surface area (Å²) >= 11 is 0. The number of fused-ring (bicyclic) bond motifs is 1. The second kappa shape index (κ2) is 6.93. The maximum Gasteiger partial charge on any atom is 0.265 e. The van der Waals surface area contributed by atoms with Crippen molar-refractivity contribution >= 4 is 11.6 Å². The molecule has 1 amide bonds. The lowest BCUT2D eigenvalue weighted by atomic mass is 10.1. The zero-order chi connectivity index (χ0) is 17.1. The number of anilines is 1. The van der Waals surface area contributed by atoms with Crippen molar-refractivity contribution in [3.8, 4) is 11.5 Å². The molecule has 1 atom stereocenters. The van der Waals surface area contributed by atoms with Gasteiger partial charge in [-0.25, -0.2) is 0 Å². The van der Waals surface area contributed by atoms with Gasteiger partial charge in [-0.05, 0) is 42.7 Å². The number of rotatable bonds is 5. The van der Waals surface area contributed by atoms with E-state index in [2.05, 4.69) is 6.07 Å².